The van der Waals surface area contributed by atoms with E-state index in [0.29, 0.717) is 6.04 Å². The minimum absolute atomic E-state index is 0. The molecule has 1 amide bonds. The van der Waals surface area contributed by atoms with Crippen molar-refractivity contribution in [2.45, 2.75) is 19.0 Å². The molecule has 1 saturated heterocycles. The Bertz CT molecular complexity index is 159. The van der Waals surface area contributed by atoms with Gasteiger partial charge in [0.2, 0.25) is 5.91 Å². The number of hydrogen-bond acceptors (Lipinski definition) is 3. The van der Waals surface area contributed by atoms with Crippen molar-refractivity contribution < 1.29 is 4.79 Å². The first-order chi connectivity index (χ1) is 5.13. The lowest BCUT2D eigenvalue weighted by Crippen LogP contribution is -2.59. The molecule has 1 aliphatic heterocycles. The number of rotatable bonds is 2. The summed E-state index contributed by atoms with van der Waals surface area (Å²) in [6, 6.07) is -0.0194. The number of nitrogens with zero attached hydrogens (tertiary/aromatic N) is 1. The molecular formula is C7H16ClN3O. The Labute approximate surface area is 78.9 Å². The number of halogens is 1. The van der Waals surface area contributed by atoms with Crippen molar-refractivity contribution in [2.75, 3.05) is 20.1 Å². The summed E-state index contributed by atoms with van der Waals surface area (Å²) in [4.78, 5) is 13.0. The largest absolute Gasteiger partial charge is 0.339 e. The summed E-state index contributed by atoms with van der Waals surface area (Å²) in [5.41, 5.74) is 5.44. The fraction of sp³-hybridized carbons (Fsp3) is 0.857. The van der Waals surface area contributed by atoms with Gasteiger partial charge in [0.05, 0.1) is 12.1 Å². The predicted molar refractivity (Wildman–Crippen MR) is 50.3 cm³/mol. The molecule has 0 aromatic rings. The minimum Gasteiger partial charge on any atom is -0.339 e. The molecule has 4 nitrogen and oxygen atoms in total. The van der Waals surface area contributed by atoms with Crippen LogP contribution in [0.3, 0.4) is 0 Å². The average Bonchev–Trinajstić information content (AvgIpc) is 1.82. The maximum absolute atomic E-state index is 11.3. The third kappa shape index (κ3) is 2.33. The van der Waals surface area contributed by atoms with Crippen molar-refractivity contribution in [3.05, 3.63) is 0 Å². The summed E-state index contributed by atoms with van der Waals surface area (Å²) in [6.07, 6.45) is 0. The number of nitrogens with two attached hydrogens (primary N) is 1. The summed E-state index contributed by atoms with van der Waals surface area (Å²) >= 11 is 0. The molecule has 0 bridgehead atoms. The van der Waals surface area contributed by atoms with E-state index in [4.69, 9.17) is 5.73 Å². The SMILES string of the molecule is C[C@H](N)C(=O)N(C)C1CNC1.Cl. The van der Waals surface area contributed by atoms with Crippen LogP contribution in [0.25, 0.3) is 0 Å². The van der Waals surface area contributed by atoms with E-state index >= 15 is 0 Å². The van der Waals surface area contributed by atoms with Gasteiger partial charge in [-0.2, -0.15) is 0 Å². The molecule has 0 spiro atoms. The Morgan fingerprint density at radius 2 is 2.17 bits per heavy atom. The van der Waals surface area contributed by atoms with Crippen LogP contribution in [0.15, 0.2) is 0 Å². The zero-order chi connectivity index (χ0) is 8.43. The first-order valence-corrected chi connectivity index (χ1v) is 3.86. The predicted octanol–water partition coefficient (Wildman–Crippen LogP) is -0.814. The highest BCUT2D eigenvalue weighted by Gasteiger charge is 2.26. The Kier molecular flexibility index (Phi) is 4.52. The lowest BCUT2D eigenvalue weighted by atomic mass is 10.1. The highest BCUT2D eigenvalue weighted by molar-refractivity contribution is 5.85. The van der Waals surface area contributed by atoms with E-state index in [-0.39, 0.29) is 24.4 Å². The van der Waals surface area contributed by atoms with E-state index in [1.54, 1.807) is 18.9 Å². The summed E-state index contributed by atoms with van der Waals surface area (Å²) < 4.78 is 0. The normalized spacial score (nSPS) is 18.9. The lowest BCUT2D eigenvalue weighted by Gasteiger charge is -2.36. The maximum atomic E-state index is 11.3. The Morgan fingerprint density at radius 1 is 1.67 bits per heavy atom. The van der Waals surface area contributed by atoms with Crippen LogP contribution in [-0.2, 0) is 4.79 Å². The van der Waals surface area contributed by atoms with Gasteiger partial charge in [-0.1, -0.05) is 0 Å². The Balaban J connectivity index is 0.00000121. The molecule has 0 radical (unpaired) electrons. The molecule has 1 fully saturated rings. The smallest absolute Gasteiger partial charge is 0.239 e. The van der Waals surface area contributed by atoms with Crippen molar-refractivity contribution in [3.8, 4) is 0 Å². The number of hydrogen-bond donors (Lipinski definition) is 2. The second-order valence-electron chi connectivity index (χ2n) is 3.05. The molecule has 3 N–H and O–H groups in total. The number of nitrogens with one attached hydrogen (secondary N) is 1. The van der Waals surface area contributed by atoms with Gasteiger partial charge in [-0.15, -0.1) is 12.4 Å². The molecule has 0 aliphatic carbocycles. The minimum atomic E-state index is -0.374. The lowest BCUT2D eigenvalue weighted by molar-refractivity contribution is -0.133. The van der Waals surface area contributed by atoms with E-state index < -0.39 is 0 Å². The summed E-state index contributed by atoms with van der Waals surface area (Å²) in [6.45, 7) is 3.51. The van der Waals surface area contributed by atoms with E-state index in [9.17, 15) is 4.79 Å². The zero-order valence-electron chi connectivity index (χ0n) is 7.41. The fourth-order valence-electron chi connectivity index (χ4n) is 1.05. The van der Waals surface area contributed by atoms with E-state index in [2.05, 4.69) is 5.32 Å². The van der Waals surface area contributed by atoms with Crippen LogP contribution in [0.2, 0.25) is 0 Å². The van der Waals surface area contributed by atoms with Crippen LogP contribution in [0.5, 0.6) is 0 Å². The Morgan fingerprint density at radius 3 is 2.42 bits per heavy atom. The second-order valence-corrected chi connectivity index (χ2v) is 3.05. The highest BCUT2D eigenvalue weighted by Crippen LogP contribution is 2.02. The zero-order valence-corrected chi connectivity index (χ0v) is 8.23. The topological polar surface area (TPSA) is 58.4 Å². The van der Waals surface area contributed by atoms with E-state index in [1.807, 2.05) is 0 Å². The fourth-order valence-corrected chi connectivity index (χ4v) is 1.05. The van der Waals surface area contributed by atoms with Crippen LogP contribution in [0.1, 0.15) is 6.92 Å². The van der Waals surface area contributed by atoms with Gasteiger partial charge in [0, 0.05) is 20.1 Å². The summed E-state index contributed by atoms with van der Waals surface area (Å²) in [5, 5.41) is 3.10. The molecule has 1 heterocycles. The van der Waals surface area contributed by atoms with Gasteiger partial charge in [-0.05, 0) is 6.92 Å². The number of amides is 1. The number of carbonyl (C=O) groups excluding carboxylic acids is 1. The van der Waals surface area contributed by atoms with E-state index in [0.717, 1.165) is 13.1 Å². The number of carbonyl (C=O) groups is 1. The van der Waals surface area contributed by atoms with Crippen molar-refractivity contribution >= 4 is 18.3 Å². The molecule has 12 heavy (non-hydrogen) atoms. The van der Waals surface area contributed by atoms with E-state index in [1.165, 1.54) is 0 Å². The molecule has 1 aliphatic rings. The quantitative estimate of drug-likeness (QED) is 0.603. The average molecular weight is 194 g/mol. The van der Waals surface area contributed by atoms with Crippen LogP contribution in [0.4, 0.5) is 0 Å². The van der Waals surface area contributed by atoms with Gasteiger partial charge in [-0.3, -0.25) is 4.79 Å². The van der Waals surface area contributed by atoms with Crippen molar-refractivity contribution in [2.24, 2.45) is 5.73 Å². The molecule has 0 unspecified atom stereocenters. The molecule has 0 saturated carbocycles. The van der Waals surface area contributed by atoms with Gasteiger partial charge in [0.15, 0.2) is 0 Å². The second kappa shape index (κ2) is 4.64. The Hall–Kier alpha value is -0.320. The molecule has 0 aromatic carbocycles. The van der Waals surface area contributed by atoms with Crippen LogP contribution < -0.4 is 11.1 Å². The summed E-state index contributed by atoms with van der Waals surface area (Å²) in [7, 11) is 1.80. The molecule has 72 valence electrons. The monoisotopic (exact) mass is 193 g/mol. The van der Waals surface area contributed by atoms with Gasteiger partial charge in [-0.25, -0.2) is 0 Å². The third-order valence-electron chi connectivity index (χ3n) is 2.04. The van der Waals surface area contributed by atoms with Crippen molar-refractivity contribution in [1.29, 1.82) is 0 Å². The van der Waals surface area contributed by atoms with Gasteiger partial charge in [0.1, 0.15) is 0 Å². The molecule has 0 aromatic heterocycles. The number of likely N-dealkylation sites (N-methyl/N-ethyl adjacent to an activating group) is 1. The van der Waals surface area contributed by atoms with Crippen LogP contribution >= 0.6 is 12.4 Å². The molecular weight excluding hydrogens is 178 g/mol. The van der Waals surface area contributed by atoms with Gasteiger partial charge >= 0.3 is 0 Å². The highest BCUT2D eigenvalue weighted by atomic mass is 35.5. The van der Waals surface area contributed by atoms with Gasteiger partial charge < -0.3 is 16.0 Å². The van der Waals surface area contributed by atoms with Gasteiger partial charge in [0.25, 0.3) is 0 Å². The van der Waals surface area contributed by atoms with Crippen LogP contribution in [-0.4, -0.2) is 43.0 Å². The van der Waals surface area contributed by atoms with Crippen molar-refractivity contribution in [1.82, 2.24) is 10.2 Å². The molecule has 5 heteroatoms. The van der Waals surface area contributed by atoms with Crippen LogP contribution in [0, 0.1) is 0 Å². The standard InChI is InChI=1S/C7H15N3O.ClH/c1-5(8)7(11)10(2)6-3-9-4-6;/h5-6,9H,3-4,8H2,1-2H3;1H/t5-;/m0./s1. The summed E-state index contributed by atoms with van der Waals surface area (Å²) in [5.74, 6) is 0.0245. The molecule has 1 rings (SSSR count). The molecule has 1 atom stereocenters. The third-order valence-corrected chi connectivity index (χ3v) is 2.04. The first kappa shape index (κ1) is 11.7. The van der Waals surface area contributed by atoms with Crippen molar-refractivity contribution in [3.63, 3.8) is 0 Å². The first-order valence-electron chi connectivity index (χ1n) is 3.86. The maximum Gasteiger partial charge on any atom is 0.239 e.